The van der Waals surface area contributed by atoms with Gasteiger partial charge in [-0.2, -0.15) is 0 Å². The molecule has 0 saturated carbocycles. The number of nitrogens with one attached hydrogen (secondary N) is 2. The molecule has 0 aromatic heterocycles. The van der Waals surface area contributed by atoms with E-state index in [0.29, 0.717) is 24.0 Å². The first kappa shape index (κ1) is 14.2. The van der Waals surface area contributed by atoms with Gasteiger partial charge in [0.15, 0.2) is 0 Å². The molecule has 18 heavy (non-hydrogen) atoms. The van der Waals surface area contributed by atoms with Crippen LogP contribution in [-0.2, 0) is 0 Å². The Bertz CT molecular complexity index is 408. The van der Waals surface area contributed by atoms with E-state index in [1.165, 1.54) is 13.2 Å². The van der Waals surface area contributed by atoms with Gasteiger partial charge < -0.3 is 15.4 Å². The summed E-state index contributed by atoms with van der Waals surface area (Å²) in [7, 11) is 1.53. The summed E-state index contributed by atoms with van der Waals surface area (Å²) < 4.78 is 5.06. The largest absolute Gasteiger partial charge is 0.497 e. The second-order valence-corrected chi connectivity index (χ2v) is 4.18. The highest BCUT2D eigenvalue weighted by atomic mass is 16.6. The average Bonchev–Trinajstić information content (AvgIpc) is 2.33. The zero-order valence-electron chi connectivity index (χ0n) is 10.9. The van der Waals surface area contributed by atoms with Crippen molar-refractivity contribution in [3.63, 3.8) is 0 Å². The number of rotatable bonds is 7. The fourth-order valence-corrected chi connectivity index (χ4v) is 1.50. The van der Waals surface area contributed by atoms with E-state index in [1.807, 2.05) is 13.8 Å². The van der Waals surface area contributed by atoms with Gasteiger partial charge >= 0.3 is 0 Å². The van der Waals surface area contributed by atoms with Crippen molar-refractivity contribution in [3.8, 4) is 5.75 Å². The molecule has 1 aromatic rings. The van der Waals surface area contributed by atoms with Gasteiger partial charge in [0.2, 0.25) is 0 Å². The van der Waals surface area contributed by atoms with Gasteiger partial charge in [0.05, 0.1) is 12.0 Å². The molecule has 0 aliphatic rings. The molecule has 6 nitrogen and oxygen atoms in total. The molecule has 0 atom stereocenters. The number of hydrogen-bond donors (Lipinski definition) is 2. The number of nitro benzene ring substituents is 1. The minimum atomic E-state index is -0.405. The summed E-state index contributed by atoms with van der Waals surface area (Å²) in [5, 5.41) is 17.1. The summed E-state index contributed by atoms with van der Waals surface area (Å²) in [5.41, 5.74) is 0.533. The Morgan fingerprint density at radius 3 is 2.67 bits per heavy atom. The number of hydrogen-bond acceptors (Lipinski definition) is 5. The van der Waals surface area contributed by atoms with Crippen molar-refractivity contribution < 1.29 is 9.66 Å². The Morgan fingerprint density at radius 1 is 1.39 bits per heavy atom. The zero-order chi connectivity index (χ0) is 13.5. The van der Waals surface area contributed by atoms with Crippen molar-refractivity contribution in [2.45, 2.75) is 19.9 Å². The van der Waals surface area contributed by atoms with Gasteiger partial charge in [-0.15, -0.1) is 0 Å². The van der Waals surface area contributed by atoms with Gasteiger partial charge in [-0.1, -0.05) is 13.8 Å². The number of benzene rings is 1. The molecular formula is C12H19N3O3. The first-order valence-electron chi connectivity index (χ1n) is 5.84. The van der Waals surface area contributed by atoms with Crippen molar-refractivity contribution in [3.05, 3.63) is 28.3 Å². The Morgan fingerprint density at radius 2 is 2.11 bits per heavy atom. The number of nitrogens with zero attached hydrogens (tertiary/aromatic N) is 1. The van der Waals surface area contributed by atoms with Gasteiger partial charge in [0.1, 0.15) is 11.4 Å². The third-order valence-electron chi connectivity index (χ3n) is 2.39. The van der Waals surface area contributed by atoms with E-state index in [-0.39, 0.29) is 5.69 Å². The van der Waals surface area contributed by atoms with E-state index in [1.54, 1.807) is 12.1 Å². The van der Waals surface area contributed by atoms with Gasteiger partial charge in [-0.3, -0.25) is 10.1 Å². The second-order valence-electron chi connectivity index (χ2n) is 4.18. The smallest absolute Gasteiger partial charge is 0.292 e. The lowest BCUT2D eigenvalue weighted by Crippen LogP contribution is -2.28. The maximum absolute atomic E-state index is 10.9. The summed E-state index contributed by atoms with van der Waals surface area (Å²) >= 11 is 0. The molecule has 0 radical (unpaired) electrons. The van der Waals surface area contributed by atoms with Crippen LogP contribution in [0.25, 0.3) is 0 Å². The van der Waals surface area contributed by atoms with Crippen molar-refractivity contribution in [1.82, 2.24) is 5.32 Å². The predicted molar refractivity (Wildman–Crippen MR) is 71.3 cm³/mol. The molecule has 0 bridgehead atoms. The molecule has 0 unspecified atom stereocenters. The number of ether oxygens (including phenoxy) is 1. The van der Waals surface area contributed by atoms with Crippen LogP contribution in [0.2, 0.25) is 0 Å². The SMILES string of the molecule is COc1ccc([N+](=O)[O-])c(NCCNC(C)C)c1. The van der Waals surface area contributed by atoms with Gasteiger partial charge in [-0.25, -0.2) is 0 Å². The number of nitro groups is 1. The highest BCUT2D eigenvalue weighted by Gasteiger charge is 2.13. The number of anilines is 1. The average molecular weight is 253 g/mol. The minimum Gasteiger partial charge on any atom is -0.497 e. The van der Waals surface area contributed by atoms with Crippen LogP contribution in [0, 0.1) is 10.1 Å². The maximum atomic E-state index is 10.9. The Balaban J connectivity index is 2.69. The van der Waals surface area contributed by atoms with Gasteiger partial charge in [0.25, 0.3) is 5.69 Å². The zero-order valence-corrected chi connectivity index (χ0v) is 10.9. The third-order valence-corrected chi connectivity index (χ3v) is 2.39. The first-order chi connectivity index (χ1) is 8.54. The normalized spacial score (nSPS) is 10.4. The molecule has 0 heterocycles. The van der Waals surface area contributed by atoms with Crippen molar-refractivity contribution in [2.24, 2.45) is 0 Å². The summed E-state index contributed by atoms with van der Waals surface area (Å²) in [6.07, 6.45) is 0. The molecule has 100 valence electrons. The molecule has 0 aliphatic heterocycles. The maximum Gasteiger partial charge on any atom is 0.292 e. The molecule has 0 aliphatic carbocycles. The summed E-state index contributed by atoms with van der Waals surface area (Å²) in [5.74, 6) is 0.597. The molecule has 1 rings (SSSR count). The Hall–Kier alpha value is -1.82. The van der Waals surface area contributed by atoms with Crippen LogP contribution in [0.4, 0.5) is 11.4 Å². The monoisotopic (exact) mass is 253 g/mol. The van der Waals surface area contributed by atoms with E-state index in [0.717, 1.165) is 6.54 Å². The van der Waals surface area contributed by atoms with E-state index in [2.05, 4.69) is 10.6 Å². The van der Waals surface area contributed by atoms with E-state index < -0.39 is 4.92 Å². The van der Waals surface area contributed by atoms with Crippen LogP contribution in [0.1, 0.15) is 13.8 Å². The van der Waals surface area contributed by atoms with Crippen LogP contribution in [0.15, 0.2) is 18.2 Å². The van der Waals surface area contributed by atoms with Gasteiger partial charge in [0, 0.05) is 31.3 Å². The van der Waals surface area contributed by atoms with Crippen molar-refractivity contribution in [1.29, 1.82) is 0 Å². The molecule has 0 saturated heterocycles. The van der Waals surface area contributed by atoms with Crippen LogP contribution in [-0.4, -0.2) is 31.2 Å². The Kier molecular flexibility index (Phi) is 5.38. The molecule has 0 amide bonds. The lowest BCUT2D eigenvalue weighted by molar-refractivity contribution is -0.384. The molecule has 2 N–H and O–H groups in total. The highest BCUT2D eigenvalue weighted by molar-refractivity contribution is 5.64. The molecule has 6 heteroatoms. The molecule has 0 fully saturated rings. The molecular weight excluding hydrogens is 234 g/mol. The van der Waals surface area contributed by atoms with E-state index >= 15 is 0 Å². The fraction of sp³-hybridized carbons (Fsp3) is 0.500. The van der Waals surface area contributed by atoms with Crippen molar-refractivity contribution >= 4 is 11.4 Å². The van der Waals surface area contributed by atoms with E-state index in [4.69, 9.17) is 4.74 Å². The van der Waals surface area contributed by atoms with Gasteiger partial charge in [-0.05, 0) is 6.07 Å². The third kappa shape index (κ3) is 4.21. The summed E-state index contributed by atoms with van der Waals surface area (Å²) in [6.45, 7) is 5.46. The standard InChI is InChI=1S/C12H19N3O3/c1-9(2)13-6-7-14-11-8-10(18-3)4-5-12(11)15(16)17/h4-5,8-9,13-14H,6-7H2,1-3H3. The van der Waals surface area contributed by atoms with E-state index in [9.17, 15) is 10.1 Å². The molecule has 1 aromatic carbocycles. The lowest BCUT2D eigenvalue weighted by atomic mass is 10.2. The first-order valence-corrected chi connectivity index (χ1v) is 5.84. The summed E-state index contributed by atoms with van der Waals surface area (Å²) in [6, 6.07) is 5.05. The topological polar surface area (TPSA) is 76.4 Å². The lowest BCUT2D eigenvalue weighted by Gasteiger charge is -2.11. The van der Waals surface area contributed by atoms with Crippen LogP contribution >= 0.6 is 0 Å². The van der Waals surface area contributed by atoms with Crippen LogP contribution in [0.3, 0.4) is 0 Å². The fourth-order valence-electron chi connectivity index (χ4n) is 1.50. The van der Waals surface area contributed by atoms with Crippen molar-refractivity contribution in [2.75, 3.05) is 25.5 Å². The Labute approximate surface area is 106 Å². The van der Waals surface area contributed by atoms with Crippen LogP contribution < -0.4 is 15.4 Å². The minimum absolute atomic E-state index is 0.0559. The molecule has 0 spiro atoms. The summed E-state index contributed by atoms with van der Waals surface area (Å²) in [4.78, 5) is 10.5. The number of methoxy groups -OCH3 is 1. The second kappa shape index (κ2) is 6.80. The quantitative estimate of drug-likeness (QED) is 0.441. The predicted octanol–water partition coefficient (Wildman–Crippen LogP) is 2.01. The highest BCUT2D eigenvalue weighted by Crippen LogP contribution is 2.28. The van der Waals surface area contributed by atoms with Crippen LogP contribution in [0.5, 0.6) is 5.75 Å².